The van der Waals surface area contributed by atoms with Gasteiger partial charge in [0.15, 0.2) is 11.5 Å². The lowest BCUT2D eigenvalue weighted by molar-refractivity contribution is -0.131. The zero-order valence-electron chi connectivity index (χ0n) is 17.1. The van der Waals surface area contributed by atoms with Gasteiger partial charge in [-0.25, -0.2) is 9.18 Å². The van der Waals surface area contributed by atoms with Gasteiger partial charge in [-0.3, -0.25) is 9.69 Å². The van der Waals surface area contributed by atoms with E-state index in [2.05, 4.69) is 15.5 Å². The van der Waals surface area contributed by atoms with Crippen LogP contribution in [-0.4, -0.2) is 61.3 Å². The molecule has 4 rings (SSSR count). The number of carbonyl (C=O) groups excluding carboxylic acids is 2. The molecular formula is C22H25FN4O4. The first-order valence-corrected chi connectivity index (χ1v) is 10.2. The standard InChI is InChI=1S/C22H25FN4O4/c23-18-4-1-16(2-5-18)12-24-22(29)25-13-21(28)27-9-7-26(8-10-27)14-17-3-6-19-20(11-17)31-15-30-19/h1-6,11H,7-10,12-15H2,(H2,24,25,29). The zero-order chi connectivity index (χ0) is 21.6. The first-order chi connectivity index (χ1) is 15.1. The third-order valence-corrected chi connectivity index (χ3v) is 5.33. The number of ether oxygens (including phenoxy) is 2. The Hall–Kier alpha value is -3.33. The second-order valence-corrected chi connectivity index (χ2v) is 7.51. The molecule has 2 N–H and O–H groups in total. The number of nitrogens with one attached hydrogen (secondary N) is 2. The van der Waals surface area contributed by atoms with E-state index in [1.54, 1.807) is 17.0 Å². The molecule has 3 amide bonds. The maximum absolute atomic E-state index is 12.9. The predicted molar refractivity (Wildman–Crippen MR) is 111 cm³/mol. The topological polar surface area (TPSA) is 83.1 Å². The van der Waals surface area contributed by atoms with E-state index in [1.165, 1.54) is 12.1 Å². The molecule has 9 heteroatoms. The van der Waals surface area contributed by atoms with Crippen LogP contribution in [0.25, 0.3) is 0 Å². The van der Waals surface area contributed by atoms with Crippen molar-refractivity contribution in [2.75, 3.05) is 39.5 Å². The van der Waals surface area contributed by atoms with Gasteiger partial charge < -0.3 is 25.0 Å². The Morgan fingerprint density at radius 2 is 1.61 bits per heavy atom. The molecule has 2 heterocycles. The lowest BCUT2D eigenvalue weighted by atomic mass is 10.1. The first-order valence-electron chi connectivity index (χ1n) is 10.2. The summed E-state index contributed by atoms with van der Waals surface area (Å²) in [7, 11) is 0. The Bertz CT molecular complexity index is 930. The van der Waals surface area contributed by atoms with Crippen LogP contribution in [-0.2, 0) is 17.9 Å². The summed E-state index contributed by atoms with van der Waals surface area (Å²) in [6.45, 7) is 4.00. The minimum absolute atomic E-state index is 0.0581. The van der Waals surface area contributed by atoms with Crippen LogP contribution in [0.3, 0.4) is 0 Å². The van der Waals surface area contributed by atoms with Crippen molar-refractivity contribution in [3.05, 3.63) is 59.4 Å². The van der Waals surface area contributed by atoms with Crippen LogP contribution in [0.2, 0.25) is 0 Å². The summed E-state index contributed by atoms with van der Waals surface area (Å²) in [6, 6.07) is 11.4. The number of hydrogen-bond donors (Lipinski definition) is 2. The van der Waals surface area contributed by atoms with E-state index in [1.807, 2.05) is 18.2 Å². The summed E-state index contributed by atoms with van der Waals surface area (Å²) in [4.78, 5) is 28.4. The van der Waals surface area contributed by atoms with E-state index in [4.69, 9.17) is 9.47 Å². The largest absolute Gasteiger partial charge is 0.454 e. The Labute approximate surface area is 179 Å². The second kappa shape index (κ2) is 9.65. The molecule has 2 aromatic rings. The monoisotopic (exact) mass is 428 g/mol. The van der Waals surface area contributed by atoms with E-state index >= 15 is 0 Å². The average molecular weight is 428 g/mol. The summed E-state index contributed by atoms with van der Waals surface area (Å²) >= 11 is 0. The SMILES string of the molecule is O=C(NCC(=O)N1CCN(Cc2ccc3c(c2)OCO3)CC1)NCc1ccc(F)cc1. The Morgan fingerprint density at radius 1 is 0.903 bits per heavy atom. The fraction of sp³-hybridized carbons (Fsp3) is 0.364. The van der Waals surface area contributed by atoms with E-state index in [-0.39, 0.29) is 31.6 Å². The number of benzene rings is 2. The molecule has 2 aliphatic heterocycles. The Morgan fingerprint density at radius 3 is 2.39 bits per heavy atom. The molecule has 0 radical (unpaired) electrons. The minimum atomic E-state index is -0.431. The number of fused-ring (bicyclic) bond motifs is 1. The highest BCUT2D eigenvalue weighted by molar-refractivity contribution is 5.84. The Kier molecular flexibility index (Phi) is 6.51. The number of halogens is 1. The van der Waals surface area contributed by atoms with Gasteiger partial charge in [0.2, 0.25) is 12.7 Å². The second-order valence-electron chi connectivity index (χ2n) is 7.51. The summed E-state index contributed by atoms with van der Waals surface area (Å²) < 4.78 is 23.7. The molecular weight excluding hydrogens is 403 g/mol. The van der Waals surface area contributed by atoms with Crippen molar-refractivity contribution in [1.29, 1.82) is 0 Å². The number of carbonyl (C=O) groups is 2. The number of piperazine rings is 1. The molecule has 0 bridgehead atoms. The van der Waals surface area contributed by atoms with Crippen molar-refractivity contribution in [3.8, 4) is 11.5 Å². The van der Waals surface area contributed by atoms with Gasteiger partial charge in [-0.1, -0.05) is 18.2 Å². The third kappa shape index (κ3) is 5.64. The molecule has 8 nitrogen and oxygen atoms in total. The van der Waals surface area contributed by atoms with Crippen molar-refractivity contribution in [1.82, 2.24) is 20.4 Å². The van der Waals surface area contributed by atoms with E-state index in [9.17, 15) is 14.0 Å². The van der Waals surface area contributed by atoms with Crippen molar-refractivity contribution < 1.29 is 23.5 Å². The maximum atomic E-state index is 12.9. The predicted octanol–water partition coefficient (Wildman–Crippen LogP) is 1.70. The van der Waals surface area contributed by atoms with Gasteiger partial charge in [0.25, 0.3) is 0 Å². The molecule has 2 aliphatic rings. The quantitative estimate of drug-likeness (QED) is 0.732. The molecule has 0 aromatic heterocycles. The average Bonchev–Trinajstić information content (AvgIpc) is 3.25. The van der Waals surface area contributed by atoms with Crippen LogP contribution in [0.15, 0.2) is 42.5 Å². The van der Waals surface area contributed by atoms with Gasteiger partial charge >= 0.3 is 6.03 Å². The number of urea groups is 1. The minimum Gasteiger partial charge on any atom is -0.454 e. The first kappa shape index (κ1) is 20.9. The fourth-order valence-electron chi connectivity index (χ4n) is 3.57. The van der Waals surface area contributed by atoms with Gasteiger partial charge in [0.05, 0.1) is 6.54 Å². The smallest absolute Gasteiger partial charge is 0.315 e. The van der Waals surface area contributed by atoms with Gasteiger partial charge in [-0.05, 0) is 35.4 Å². The lowest BCUT2D eigenvalue weighted by Gasteiger charge is -2.34. The molecule has 2 aromatic carbocycles. The molecule has 164 valence electrons. The molecule has 0 saturated carbocycles. The highest BCUT2D eigenvalue weighted by atomic mass is 19.1. The van der Waals surface area contributed by atoms with Crippen LogP contribution in [0.5, 0.6) is 11.5 Å². The van der Waals surface area contributed by atoms with Crippen LogP contribution in [0.4, 0.5) is 9.18 Å². The molecule has 1 saturated heterocycles. The van der Waals surface area contributed by atoms with Gasteiger partial charge in [0, 0.05) is 39.3 Å². The normalized spacial score (nSPS) is 15.6. The highest BCUT2D eigenvalue weighted by Gasteiger charge is 2.22. The van der Waals surface area contributed by atoms with Crippen molar-refractivity contribution in [2.24, 2.45) is 0 Å². The molecule has 31 heavy (non-hydrogen) atoms. The summed E-state index contributed by atoms with van der Waals surface area (Å²) in [5, 5.41) is 5.24. The van der Waals surface area contributed by atoms with E-state index in [0.29, 0.717) is 13.1 Å². The molecule has 0 aliphatic carbocycles. The Balaban J connectivity index is 1.15. The molecule has 0 atom stereocenters. The zero-order valence-corrected chi connectivity index (χ0v) is 17.1. The van der Waals surface area contributed by atoms with E-state index < -0.39 is 6.03 Å². The number of rotatable bonds is 6. The van der Waals surface area contributed by atoms with Crippen molar-refractivity contribution in [2.45, 2.75) is 13.1 Å². The summed E-state index contributed by atoms with van der Waals surface area (Å²) in [5.41, 5.74) is 1.92. The molecule has 0 spiro atoms. The van der Waals surface area contributed by atoms with Gasteiger partial charge in [-0.15, -0.1) is 0 Å². The molecule has 0 unspecified atom stereocenters. The fourth-order valence-corrected chi connectivity index (χ4v) is 3.57. The van der Waals surface area contributed by atoms with Crippen LogP contribution in [0, 0.1) is 5.82 Å². The van der Waals surface area contributed by atoms with Gasteiger partial charge in [-0.2, -0.15) is 0 Å². The third-order valence-electron chi connectivity index (χ3n) is 5.33. The van der Waals surface area contributed by atoms with Crippen LogP contribution < -0.4 is 20.1 Å². The summed E-state index contributed by atoms with van der Waals surface area (Å²) in [6.07, 6.45) is 0. The number of nitrogens with zero attached hydrogens (tertiary/aromatic N) is 2. The van der Waals surface area contributed by atoms with Crippen molar-refractivity contribution in [3.63, 3.8) is 0 Å². The van der Waals surface area contributed by atoms with Crippen LogP contribution >= 0.6 is 0 Å². The van der Waals surface area contributed by atoms with E-state index in [0.717, 1.165) is 42.3 Å². The number of amides is 3. The van der Waals surface area contributed by atoms with Gasteiger partial charge in [0.1, 0.15) is 5.82 Å². The van der Waals surface area contributed by atoms with Crippen LogP contribution in [0.1, 0.15) is 11.1 Å². The maximum Gasteiger partial charge on any atom is 0.315 e. The number of hydrogen-bond acceptors (Lipinski definition) is 5. The lowest BCUT2D eigenvalue weighted by Crippen LogP contribution is -2.51. The summed E-state index contributed by atoms with van der Waals surface area (Å²) in [5.74, 6) is 1.11. The molecule has 1 fully saturated rings. The highest BCUT2D eigenvalue weighted by Crippen LogP contribution is 2.32. The van der Waals surface area contributed by atoms with Crippen molar-refractivity contribution >= 4 is 11.9 Å².